The molecule has 0 amide bonds. The van der Waals surface area contributed by atoms with Gasteiger partial charge >= 0.3 is 0 Å². The molecule has 0 spiro atoms. The molecular weight excluding hydrogens is 188 g/mol. The maximum Gasteiger partial charge on any atom is 0.0995 e. The molecule has 0 aliphatic carbocycles. The van der Waals surface area contributed by atoms with Gasteiger partial charge in [-0.05, 0) is 17.7 Å². The van der Waals surface area contributed by atoms with E-state index in [0.717, 1.165) is 0 Å². The van der Waals surface area contributed by atoms with Crippen LogP contribution in [0.25, 0.3) is 0 Å². The van der Waals surface area contributed by atoms with Crippen LogP contribution in [0.3, 0.4) is 0 Å². The van der Waals surface area contributed by atoms with Gasteiger partial charge in [-0.15, -0.1) is 0 Å². The lowest BCUT2D eigenvalue weighted by Crippen LogP contribution is -2.15. The van der Waals surface area contributed by atoms with Gasteiger partial charge in [-0.3, -0.25) is 0 Å². The van der Waals surface area contributed by atoms with E-state index in [-0.39, 0.29) is 6.61 Å². The minimum Gasteiger partial charge on any atom is -0.394 e. The molecule has 1 atom stereocenters. The van der Waals surface area contributed by atoms with Crippen LogP contribution < -0.4 is 5.73 Å². The van der Waals surface area contributed by atoms with Crippen LogP contribution >= 0.6 is 11.6 Å². The quantitative estimate of drug-likeness (QED) is 0.747. The van der Waals surface area contributed by atoms with Gasteiger partial charge in [-0.1, -0.05) is 17.7 Å². The Morgan fingerprint density at radius 2 is 2.31 bits per heavy atom. The minimum atomic E-state index is -0.521. The summed E-state index contributed by atoms with van der Waals surface area (Å²) in [5, 5.41) is 18.0. The molecule has 4 heteroatoms. The molecular formula is C9H9ClN2O. The predicted molar refractivity (Wildman–Crippen MR) is 50.2 cm³/mol. The fraction of sp³-hybridized carbons (Fsp3) is 0.222. The number of hydrogen-bond acceptors (Lipinski definition) is 3. The van der Waals surface area contributed by atoms with Crippen LogP contribution in [-0.4, -0.2) is 11.7 Å². The van der Waals surface area contributed by atoms with Crippen molar-refractivity contribution >= 4 is 11.6 Å². The highest BCUT2D eigenvalue weighted by Crippen LogP contribution is 2.19. The van der Waals surface area contributed by atoms with Gasteiger partial charge in [0.1, 0.15) is 0 Å². The van der Waals surface area contributed by atoms with Crippen molar-refractivity contribution in [3.8, 4) is 6.07 Å². The lowest BCUT2D eigenvalue weighted by molar-refractivity contribution is 0.268. The second-order valence-corrected chi connectivity index (χ2v) is 3.07. The zero-order valence-corrected chi connectivity index (χ0v) is 7.62. The Balaban J connectivity index is 3.15. The Hall–Kier alpha value is -1.08. The van der Waals surface area contributed by atoms with E-state index < -0.39 is 6.04 Å². The summed E-state index contributed by atoms with van der Waals surface area (Å²) < 4.78 is 0. The van der Waals surface area contributed by atoms with Crippen LogP contribution in [0.5, 0.6) is 0 Å². The summed E-state index contributed by atoms with van der Waals surface area (Å²) in [7, 11) is 0. The Kier molecular flexibility index (Phi) is 3.26. The minimum absolute atomic E-state index is 0.184. The maximum atomic E-state index is 8.81. The molecule has 0 aromatic heterocycles. The first-order chi connectivity index (χ1) is 6.19. The van der Waals surface area contributed by atoms with Gasteiger partial charge in [0.25, 0.3) is 0 Å². The summed E-state index contributed by atoms with van der Waals surface area (Å²) in [6, 6.07) is 6.29. The van der Waals surface area contributed by atoms with Crippen molar-refractivity contribution in [3.63, 3.8) is 0 Å². The highest BCUT2D eigenvalue weighted by molar-refractivity contribution is 6.30. The standard InChI is InChI=1S/C9H9ClN2O/c10-7-1-2-8(9(12)5-13)6(3-7)4-11/h1-3,9,13H,5,12H2/t9-/m0/s1. The van der Waals surface area contributed by atoms with E-state index in [9.17, 15) is 0 Å². The summed E-state index contributed by atoms with van der Waals surface area (Å²) in [6.45, 7) is -0.184. The molecule has 0 unspecified atom stereocenters. The van der Waals surface area contributed by atoms with Crippen LogP contribution in [0.4, 0.5) is 0 Å². The normalized spacial score (nSPS) is 12.2. The molecule has 1 aromatic rings. The number of benzene rings is 1. The molecule has 0 heterocycles. The molecule has 0 radical (unpaired) electrons. The molecule has 0 aliphatic heterocycles. The topological polar surface area (TPSA) is 70.0 Å². The lowest BCUT2D eigenvalue weighted by atomic mass is 10.0. The fourth-order valence-electron chi connectivity index (χ4n) is 1.05. The first-order valence-electron chi connectivity index (χ1n) is 3.75. The van der Waals surface area contributed by atoms with E-state index in [1.165, 1.54) is 6.07 Å². The molecule has 0 saturated heterocycles. The van der Waals surface area contributed by atoms with Gasteiger partial charge in [-0.25, -0.2) is 0 Å². The van der Waals surface area contributed by atoms with Gasteiger partial charge < -0.3 is 10.8 Å². The van der Waals surface area contributed by atoms with Crippen LogP contribution in [-0.2, 0) is 0 Å². The molecule has 0 fully saturated rings. The summed E-state index contributed by atoms with van der Waals surface area (Å²) >= 11 is 5.69. The van der Waals surface area contributed by atoms with E-state index in [0.29, 0.717) is 16.1 Å². The number of nitrogens with zero attached hydrogens (tertiary/aromatic N) is 1. The van der Waals surface area contributed by atoms with Crippen LogP contribution in [0.2, 0.25) is 5.02 Å². The van der Waals surface area contributed by atoms with Gasteiger partial charge in [-0.2, -0.15) is 5.26 Å². The van der Waals surface area contributed by atoms with Crippen LogP contribution in [0.15, 0.2) is 18.2 Å². The van der Waals surface area contributed by atoms with Crippen molar-refractivity contribution in [1.82, 2.24) is 0 Å². The van der Waals surface area contributed by atoms with Crippen molar-refractivity contribution in [1.29, 1.82) is 5.26 Å². The smallest absolute Gasteiger partial charge is 0.0995 e. The molecule has 1 aromatic carbocycles. The molecule has 0 aliphatic rings. The summed E-state index contributed by atoms with van der Waals surface area (Å²) in [5.41, 5.74) is 6.61. The largest absolute Gasteiger partial charge is 0.394 e. The predicted octanol–water partition coefficient (Wildman–Crippen LogP) is 1.20. The third-order valence-electron chi connectivity index (χ3n) is 1.73. The summed E-state index contributed by atoms with van der Waals surface area (Å²) in [4.78, 5) is 0. The monoisotopic (exact) mass is 196 g/mol. The van der Waals surface area contributed by atoms with E-state index in [2.05, 4.69) is 0 Å². The third kappa shape index (κ3) is 2.19. The summed E-state index contributed by atoms with van der Waals surface area (Å²) in [6.07, 6.45) is 0. The van der Waals surface area contributed by atoms with Crippen molar-refractivity contribution in [2.45, 2.75) is 6.04 Å². The van der Waals surface area contributed by atoms with Gasteiger partial charge in [0, 0.05) is 5.02 Å². The molecule has 1 rings (SSSR count). The Labute approximate surface area is 81.4 Å². The zero-order valence-electron chi connectivity index (χ0n) is 6.87. The van der Waals surface area contributed by atoms with E-state index in [4.69, 9.17) is 27.7 Å². The Bertz CT molecular complexity index is 346. The molecule has 13 heavy (non-hydrogen) atoms. The average molecular weight is 197 g/mol. The van der Waals surface area contributed by atoms with E-state index >= 15 is 0 Å². The number of halogens is 1. The Morgan fingerprint density at radius 3 is 2.85 bits per heavy atom. The first-order valence-corrected chi connectivity index (χ1v) is 4.13. The highest BCUT2D eigenvalue weighted by Gasteiger charge is 2.09. The number of aliphatic hydroxyl groups is 1. The van der Waals surface area contributed by atoms with E-state index in [1.807, 2.05) is 6.07 Å². The number of nitrogens with two attached hydrogens (primary N) is 1. The second-order valence-electron chi connectivity index (χ2n) is 2.63. The molecule has 0 saturated carbocycles. The second kappa shape index (κ2) is 4.24. The van der Waals surface area contributed by atoms with E-state index in [1.54, 1.807) is 12.1 Å². The first kappa shape index (κ1) is 10.0. The number of rotatable bonds is 2. The molecule has 0 bridgehead atoms. The molecule has 68 valence electrons. The highest BCUT2D eigenvalue weighted by atomic mass is 35.5. The van der Waals surface area contributed by atoms with Crippen molar-refractivity contribution in [2.75, 3.05) is 6.61 Å². The summed E-state index contributed by atoms with van der Waals surface area (Å²) in [5.74, 6) is 0. The molecule has 3 nitrogen and oxygen atoms in total. The van der Waals surface area contributed by atoms with Crippen molar-refractivity contribution < 1.29 is 5.11 Å². The fourth-order valence-corrected chi connectivity index (χ4v) is 1.22. The van der Waals surface area contributed by atoms with Crippen molar-refractivity contribution in [3.05, 3.63) is 34.3 Å². The average Bonchev–Trinajstić information content (AvgIpc) is 2.16. The van der Waals surface area contributed by atoms with Gasteiger partial charge in [0.2, 0.25) is 0 Å². The van der Waals surface area contributed by atoms with Crippen LogP contribution in [0.1, 0.15) is 17.2 Å². The number of nitriles is 1. The Morgan fingerprint density at radius 1 is 1.62 bits per heavy atom. The SMILES string of the molecule is N#Cc1cc(Cl)ccc1[C@@H](N)CO. The maximum absolute atomic E-state index is 8.81. The van der Waals surface area contributed by atoms with Crippen molar-refractivity contribution in [2.24, 2.45) is 5.73 Å². The van der Waals surface area contributed by atoms with Gasteiger partial charge in [0.15, 0.2) is 0 Å². The van der Waals surface area contributed by atoms with Crippen LogP contribution in [0, 0.1) is 11.3 Å². The zero-order chi connectivity index (χ0) is 9.84. The number of hydrogen-bond donors (Lipinski definition) is 2. The lowest BCUT2D eigenvalue weighted by Gasteiger charge is -2.09. The number of aliphatic hydroxyl groups excluding tert-OH is 1. The third-order valence-corrected chi connectivity index (χ3v) is 1.97. The molecule has 3 N–H and O–H groups in total. The van der Waals surface area contributed by atoms with Gasteiger partial charge in [0.05, 0.1) is 24.3 Å².